The van der Waals surface area contributed by atoms with Gasteiger partial charge < -0.3 is 19.5 Å². The molecular formula is C15H20BrN3O3. The quantitative estimate of drug-likeness (QED) is 0.858. The topological polar surface area (TPSA) is 65.6 Å². The van der Waals surface area contributed by atoms with Crippen LogP contribution in [0.15, 0.2) is 16.7 Å². The van der Waals surface area contributed by atoms with E-state index in [0.29, 0.717) is 45.1 Å². The van der Waals surface area contributed by atoms with Crippen molar-refractivity contribution in [3.63, 3.8) is 0 Å². The van der Waals surface area contributed by atoms with E-state index in [0.717, 1.165) is 17.3 Å². The average Bonchev–Trinajstić information content (AvgIpc) is 3.01. The summed E-state index contributed by atoms with van der Waals surface area (Å²) in [5.74, 6) is 0.263. The molecule has 0 spiro atoms. The number of nitrogens with one attached hydrogen (secondary N) is 1. The summed E-state index contributed by atoms with van der Waals surface area (Å²) in [6, 6.07) is 1.79. The average molecular weight is 370 g/mol. The Morgan fingerprint density at radius 1 is 1.14 bits per heavy atom. The molecule has 2 amide bonds. The number of H-pyrrole nitrogens is 1. The summed E-state index contributed by atoms with van der Waals surface area (Å²) < 4.78 is 6.15. The van der Waals surface area contributed by atoms with Crippen LogP contribution in [-0.2, 0) is 9.53 Å². The highest BCUT2D eigenvalue weighted by Gasteiger charge is 2.31. The zero-order valence-corrected chi connectivity index (χ0v) is 14.0. The van der Waals surface area contributed by atoms with Gasteiger partial charge in [0.25, 0.3) is 5.91 Å². The predicted molar refractivity (Wildman–Crippen MR) is 84.5 cm³/mol. The number of carbonyl (C=O) groups is 2. The van der Waals surface area contributed by atoms with Gasteiger partial charge in [-0.05, 0) is 34.8 Å². The lowest BCUT2D eigenvalue weighted by Crippen LogP contribution is -2.47. The Hall–Kier alpha value is -1.34. The van der Waals surface area contributed by atoms with Crippen molar-refractivity contribution < 1.29 is 14.3 Å². The van der Waals surface area contributed by atoms with Crippen molar-refractivity contribution in [1.82, 2.24) is 14.8 Å². The minimum atomic E-state index is 0.00275. The first-order chi connectivity index (χ1) is 10.6. The molecule has 0 unspecified atom stereocenters. The monoisotopic (exact) mass is 369 g/mol. The van der Waals surface area contributed by atoms with Crippen LogP contribution in [-0.4, -0.2) is 66.0 Å². The maximum atomic E-state index is 12.5. The fraction of sp³-hybridized carbons (Fsp3) is 0.600. The molecule has 0 radical (unpaired) electrons. The summed E-state index contributed by atoms with van der Waals surface area (Å²) in [6.45, 7) is 3.91. The number of morpholine rings is 1. The molecule has 1 N–H and O–H groups in total. The Bertz CT molecular complexity index is 546. The Morgan fingerprint density at radius 3 is 2.41 bits per heavy atom. The number of amides is 2. The van der Waals surface area contributed by atoms with Gasteiger partial charge in [0.05, 0.1) is 13.2 Å². The molecule has 7 heteroatoms. The summed E-state index contributed by atoms with van der Waals surface area (Å²) in [5, 5.41) is 0. The lowest BCUT2D eigenvalue weighted by atomic mass is 9.95. The van der Waals surface area contributed by atoms with Crippen LogP contribution >= 0.6 is 15.9 Å². The molecule has 0 saturated carbocycles. The normalized spacial score (nSPS) is 20.2. The van der Waals surface area contributed by atoms with Crippen LogP contribution in [0.25, 0.3) is 0 Å². The number of piperidine rings is 1. The molecule has 120 valence electrons. The number of hydrogen-bond acceptors (Lipinski definition) is 3. The second kappa shape index (κ2) is 6.83. The van der Waals surface area contributed by atoms with Gasteiger partial charge in [0.15, 0.2) is 0 Å². The van der Waals surface area contributed by atoms with Crippen LogP contribution in [0.2, 0.25) is 0 Å². The molecule has 2 aliphatic rings. The maximum absolute atomic E-state index is 12.5. The first-order valence-electron chi connectivity index (χ1n) is 7.65. The second-order valence-electron chi connectivity index (χ2n) is 5.74. The number of ether oxygens (including phenoxy) is 1. The van der Waals surface area contributed by atoms with Gasteiger partial charge in [-0.2, -0.15) is 0 Å². The van der Waals surface area contributed by atoms with Crippen molar-refractivity contribution in [3.8, 4) is 0 Å². The predicted octanol–water partition coefficient (Wildman–Crippen LogP) is 1.49. The van der Waals surface area contributed by atoms with Crippen LogP contribution in [0.3, 0.4) is 0 Å². The SMILES string of the molecule is O=C(c1cc(Br)c[nH]1)N1CCC(C(=O)N2CCOCC2)CC1. The summed E-state index contributed by atoms with van der Waals surface area (Å²) >= 11 is 3.33. The number of halogens is 1. The van der Waals surface area contributed by atoms with Gasteiger partial charge in [0, 0.05) is 42.8 Å². The second-order valence-corrected chi connectivity index (χ2v) is 6.65. The smallest absolute Gasteiger partial charge is 0.270 e. The van der Waals surface area contributed by atoms with E-state index in [2.05, 4.69) is 20.9 Å². The minimum Gasteiger partial charge on any atom is -0.378 e. The van der Waals surface area contributed by atoms with Crippen LogP contribution in [0.1, 0.15) is 23.3 Å². The highest BCUT2D eigenvalue weighted by atomic mass is 79.9. The van der Waals surface area contributed by atoms with E-state index < -0.39 is 0 Å². The van der Waals surface area contributed by atoms with Crippen LogP contribution < -0.4 is 0 Å². The molecule has 0 aromatic carbocycles. The van der Waals surface area contributed by atoms with Crippen molar-refractivity contribution in [2.75, 3.05) is 39.4 Å². The highest BCUT2D eigenvalue weighted by Crippen LogP contribution is 2.22. The van der Waals surface area contributed by atoms with E-state index in [4.69, 9.17) is 4.74 Å². The van der Waals surface area contributed by atoms with Crippen LogP contribution in [0.4, 0.5) is 0 Å². The molecule has 0 atom stereocenters. The van der Waals surface area contributed by atoms with E-state index in [9.17, 15) is 9.59 Å². The van der Waals surface area contributed by atoms with Gasteiger partial charge in [-0.15, -0.1) is 0 Å². The first-order valence-corrected chi connectivity index (χ1v) is 8.44. The largest absolute Gasteiger partial charge is 0.378 e. The number of nitrogens with zero attached hydrogens (tertiary/aromatic N) is 2. The summed E-state index contributed by atoms with van der Waals surface area (Å²) in [4.78, 5) is 31.5. The summed E-state index contributed by atoms with van der Waals surface area (Å²) in [6.07, 6.45) is 3.23. The Kier molecular flexibility index (Phi) is 4.83. The zero-order chi connectivity index (χ0) is 15.5. The molecule has 3 rings (SSSR count). The summed E-state index contributed by atoms with van der Waals surface area (Å²) in [7, 11) is 0. The van der Waals surface area contributed by atoms with Crippen LogP contribution in [0.5, 0.6) is 0 Å². The molecular weight excluding hydrogens is 350 g/mol. The Morgan fingerprint density at radius 2 is 1.82 bits per heavy atom. The Labute approximate surface area is 137 Å². The fourth-order valence-electron chi connectivity index (χ4n) is 3.03. The van der Waals surface area contributed by atoms with Crippen molar-refractivity contribution in [2.24, 2.45) is 5.92 Å². The number of aromatic nitrogens is 1. The maximum Gasteiger partial charge on any atom is 0.270 e. The number of hydrogen-bond donors (Lipinski definition) is 1. The van der Waals surface area contributed by atoms with Gasteiger partial charge >= 0.3 is 0 Å². The van der Waals surface area contributed by atoms with Gasteiger partial charge in [-0.1, -0.05) is 0 Å². The number of carbonyl (C=O) groups excluding carboxylic acids is 2. The molecule has 2 fully saturated rings. The van der Waals surface area contributed by atoms with Crippen LogP contribution in [0, 0.1) is 5.92 Å². The lowest BCUT2D eigenvalue weighted by Gasteiger charge is -2.35. The molecule has 1 aromatic heterocycles. The molecule has 2 aliphatic heterocycles. The fourth-order valence-corrected chi connectivity index (χ4v) is 3.38. The van der Waals surface area contributed by atoms with E-state index in [1.54, 1.807) is 12.3 Å². The minimum absolute atomic E-state index is 0.00275. The number of likely N-dealkylation sites (tertiary alicyclic amines) is 1. The van der Waals surface area contributed by atoms with E-state index in [1.807, 2.05) is 9.80 Å². The zero-order valence-electron chi connectivity index (χ0n) is 12.4. The number of rotatable bonds is 2. The van der Waals surface area contributed by atoms with Gasteiger partial charge in [0.1, 0.15) is 5.69 Å². The molecule has 2 saturated heterocycles. The summed E-state index contributed by atoms with van der Waals surface area (Å²) in [5.41, 5.74) is 0.588. The molecule has 6 nitrogen and oxygen atoms in total. The molecule has 1 aromatic rings. The van der Waals surface area contributed by atoms with Crippen molar-refractivity contribution >= 4 is 27.7 Å². The van der Waals surface area contributed by atoms with Gasteiger partial charge in [-0.3, -0.25) is 9.59 Å². The molecule has 3 heterocycles. The Balaban J connectivity index is 1.53. The third-order valence-electron chi connectivity index (χ3n) is 4.33. The standard InChI is InChI=1S/C15H20BrN3O3/c16-12-9-13(17-10-12)15(21)18-3-1-11(2-4-18)14(20)19-5-7-22-8-6-19/h9-11,17H,1-8H2. The van der Waals surface area contributed by atoms with E-state index in [1.165, 1.54) is 0 Å². The lowest BCUT2D eigenvalue weighted by molar-refractivity contribution is -0.141. The third-order valence-corrected chi connectivity index (χ3v) is 4.79. The number of aromatic amines is 1. The van der Waals surface area contributed by atoms with E-state index >= 15 is 0 Å². The van der Waals surface area contributed by atoms with Crippen molar-refractivity contribution in [1.29, 1.82) is 0 Å². The first kappa shape index (κ1) is 15.6. The molecule has 0 bridgehead atoms. The molecule has 0 aliphatic carbocycles. The van der Waals surface area contributed by atoms with Crippen molar-refractivity contribution in [2.45, 2.75) is 12.8 Å². The highest BCUT2D eigenvalue weighted by molar-refractivity contribution is 9.10. The molecule has 22 heavy (non-hydrogen) atoms. The van der Waals surface area contributed by atoms with Gasteiger partial charge in [0.2, 0.25) is 5.91 Å². The van der Waals surface area contributed by atoms with Gasteiger partial charge in [-0.25, -0.2) is 0 Å². The van der Waals surface area contributed by atoms with E-state index in [-0.39, 0.29) is 17.7 Å². The van der Waals surface area contributed by atoms with Crippen molar-refractivity contribution in [3.05, 3.63) is 22.4 Å². The third kappa shape index (κ3) is 3.35.